The molecule has 0 aromatic heterocycles. The Morgan fingerprint density at radius 3 is 2.76 bits per heavy atom. The van der Waals surface area contributed by atoms with E-state index in [-0.39, 0.29) is 12.5 Å². The molecule has 33 heavy (non-hydrogen) atoms. The maximum Gasteiger partial charge on any atom is 0.242 e. The predicted molar refractivity (Wildman–Crippen MR) is 138 cm³/mol. The average Bonchev–Trinajstić information content (AvgIpc) is 3.23. The molecule has 1 aromatic carbocycles. The highest BCUT2D eigenvalue weighted by atomic mass is 32.2. The van der Waals surface area contributed by atoms with E-state index < -0.39 is 6.43 Å². The van der Waals surface area contributed by atoms with Gasteiger partial charge in [-0.25, -0.2) is 8.78 Å². The van der Waals surface area contributed by atoms with Crippen molar-refractivity contribution in [2.75, 3.05) is 20.1 Å². The van der Waals surface area contributed by atoms with E-state index in [1.165, 1.54) is 6.08 Å². The molecule has 0 amide bonds. The van der Waals surface area contributed by atoms with Gasteiger partial charge in [0.25, 0.3) is 0 Å². The Hall–Kier alpha value is -2.93. The molecule has 0 spiro atoms. The summed E-state index contributed by atoms with van der Waals surface area (Å²) in [6, 6.07) is 10.1. The molecule has 1 aromatic rings. The minimum atomic E-state index is -2.37. The molecule has 0 aliphatic carbocycles. The zero-order valence-corrected chi connectivity index (χ0v) is 19.9. The minimum absolute atomic E-state index is 0.119. The Morgan fingerprint density at radius 2 is 2.09 bits per heavy atom. The molecule has 1 fully saturated rings. The number of allylic oxidation sites excluding steroid dienone is 3. The van der Waals surface area contributed by atoms with Crippen LogP contribution in [0.2, 0.25) is 0 Å². The van der Waals surface area contributed by atoms with Crippen molar-refractivity contribution in [1.82, 2.24) is 10.2 Å². The van der Waals surface area contributed by atoms with Crippen LogP contribution in [0.4, 0.5) is 8.78 Å². The van der Waals surface area contributed by atoms with Crippen LogP contribution in [0.5, 0.6) is 0 Å². The summed E-state index contributed by atoms with van der Waals surface area (Å²) in [5.41, 5.74) is 4.66. The van der Waals surface area contributed by atoms with Crippen LogP contribution in [-0.4, -0.2) is 49.1 Å². The van der Waals surface area contributed by atoms with Gasteiger partial charge in [0.1, 0.15) is 5.84 Å². The predicted octanol–water partition coefficient (Wildman–Crippen LogP) is 6.05. The van der Waals surface area contributed by atoms with Crippen LogP contribution >= 0.6 is 11.8 Å². The highest BCUT2D eigenvalue weighted by Gasteiger charge is 2.36. The van der Waals surface area contributed by atoms with Gasteiger partial charge < -0.3 is 10.2 Å². The monoisotopic (exact) mass is 468 g/mol. The van der Waals surface area contributed by atoms with Crippen molar-refractivity contribution in [3.63, 3.8) is 0 Å². The first kappa shape index (κ1) is 24.7. The van der Waals surface area contributed by atoms with Crippen LogP contribution in [0.3, 0.4) is 0 Å². The van der Waals surface area contributed by atoms with Gasteiger partial charge in [-0.1, -0.05) is 67.4 Å². The summed E-state index contributed by atoms with van der Waals surface area (Å²) in [5.74, 6) is 0.846. The normalized spacial score (nSPS) is 18.9. The van der Waals surface area contributed by atoms with Crippen molar-refractivity contribution < 1.29 is 8.78 Å². The molecule has 7 heteroatoms. The Balaban J connectivity index is 1.87. The van der Waals surface area contributed by atoms with Gasteiger partial charge in [0, 0.05) is 54.3 Å². The topological polar surface area (TPSA) is 40.0 Å². The van der Waals surface area contributed by atoms with Crippen LogP contribution in [0, 0.1) is 0 Å². The number of fused-ring (bicyclic) bond motifs is 1. The molecule has 1 N–H and O–H groups in total. The molecule has 0 bridgehead atoms. The Kier molecular flexibility index (Phi) is 8.83. The molecule has 2 aliphatic rings. The second kappa shape index (κ2) is 11.8. The number of thioether (sulfide) groups is 1. The van der Waals surface area contributed by atoms with Crippen molar-refractivity contribution in [1.29, 1.82) is 0 Å². The maximum absolute atomic E-state index is 12.6. The molecular weight excluding hydrogens is 438 g/mol. The van der Waals surface area contributed by atoms with Gasteiger partial charge >= 0.3 is 0 Å². The molecule has 1 saturated heterocycles. The fourth-order valence-corrected chi connectivity index (χ4v) is 4.48. The number of halogens is 2. The number of nitrogens with one attached hydrogen (secondary N) is 1. The van der Waals surface area contributed by atoms with Gasteiger partial charge in [-0.3, -0.25) is 9.98 Å². The number of hydrogen-bond donors (Lipinski definition) is 1. The highest BCUT2D eigenvalue weighted by molar-refractivity contribution is 8.06. The second-order valence-electron chi connectivity index (χ2n) is 7.71. The summed E-state index contributed by atoms with van der Waals surface area (Å²) in [6.45, 7) is 11.5. The summed E-state index contributed by atoms with van der Waals surface area (Å²) in [5, 5.41) is 5.54. The fraction of sp³-hybridized carbons (Fsp3) is 0.308. The first-order valence-electron chi connectivity index (χ1n) is 10.9. The Labute approximate surface area is 199 Å². The second-order valence-corrected chi connectivity index (χ2v) is 8.71. The van der Waals surface area contributed by atoms with E-state index in [9.17, 15) is 8.78 Å². The lowest BCUT2D eigenvalue weighted by molar-refractivity contribution is 0.152. The smallest absolute Gasteiger partial charge is 0.242 e. The quantitative estimate of drug-likeness (QED) is 0.425. The third kappa shape index (κ3) is 6.32. The third-order valence-corrected chi connectivity index (χ3v) is 6.27. The molecule has 2 heterocycles. The van der Waals surface area contributed by atoms with Crippen LogP contribution < -0.4 is 5.32 Å². The number of benzene rings is 1. The SMILES string of the molecule is C=C(S/C=C\C)C1=NCC(C(/C=C\CC(F)F)=N/C)=C2CC(NC(=C)c3ccccc3)CN12. The third-order valence-electron chi connectivity index (χ3n) is 5.40. The maximum atomic E-state index is 12.6. The van der Waals surface area contributed by atoms with Crippen LogP contribution in [0.15, 0.2) is 93.3 Å². The molecule has 4 nitrogen and oxygen atoms in total. The molecule has 1 unspecified atom stereocenters. The molecule has 2 aliphatic heterocycles. The fourth-order valence-electron chi connectivity index (χ4n) is 3.90. The largest absolute Gasteiger partial charge is 0.380 e. The van der Waals surface area contributed by atoms with Gasteiger partial charge in [0.15, 0.2) is 0 Å². The molecule has 0 radical (unpaired) electrons. The minimum Gasteiger partial charge on any atom is -0.380 e. The summed E-state index contributed by atoms with van der Waals surface area (Å²) in [6.07, 6.45) is 3.21. The van der Waals surface area contributed by atoms with Crippen LogP contribution in [0.1, 0.15) is 25.3 Å². The van der Waals surface area contributed by atoms with Crippen LogP contribution in [0.25, 0.3) is 5.70 Å². The number of alkyl halides is 2. The number of nitrogens with zero attached hydrogens (tertiary/aromatic N) is 3. The number of hydrogen-bond acceptors (Lipinski definition) is 5. The summed E-state index contributed by atoms with van der Waals surface area (Å²) in [7, 11) is 1.68. The average molecular weight is 469 g/mol. The lowest BCUT2D eigenvalue weighted by Gasteiger charge is -2.29. The van der Waals surface area contributed by atoms with E-state index in [0.717, 1.165) is 39.7 Å². The van der Waals surface area contributed by atoms with E-state index in [1.54, 1.807) is 24.9 Å². The Morgan fingerprint density at radius 1 is 1.33 bits per heavy atom. The van der Waals surface area contributed by atoms with E-state index in [4.69, 9.17) is 4.99 Å². The van der Waals surface area contributed by atoms with Gasteiger partial charge in [-0.05, 0) is 24.0 Å². The standard InChI is InChI=1S/C26H30F2N4S/c1-5-14-33-19(3)26-30-16-22(23(29-4)12-9-13-25(27)28)24-15-21(17-32(24)26)31-18(2)20-10-7-6-8-11-20/h5-12,14,21,25,31H,2-3,13,15-17H2,1,4H3/b12-9-,14-5-,29-23+. The van der Waals surface area contributed by atoms with Gasteiger partial charge in [-0.2, -0.15) is 0 Å². The lowest BCUT2D eigenvalue weighted by atomic mass is 10.0. The zero-order valence-electron chi connectivity index (χ0n) is 19.1. The molecule has 0 saturated carbocycles. The first-order valence-corrected chi connectivity index (χ1v) is 11.8. The van der Waals surface area contributed by atoms with E-state index in [0.29, 0.717) is 18.8 Å². The number of amidine groups is 1. The van der Waals surface area contributed by atoms with Gasteiger partial charge in [-0.15, -0.1) is 0 Å². The van der Waals surface area contributed by atoms with Crippen molar-refractivity contribution in [3.8, 4) is 0 Å². The summed E-state index contributed by atoms with van der Waals surface area (Å²) < 4.78 is 25.3. The van der Waals surface area contributed by atoms with Crippen molar-refractivity contribution in [2.24, 2.45) is 9.98 Å². The highest BCUT2D eigenvalue weighted by Crippen LogP contribution is 2.34. The summed E-state index contributed by atoms with van der Waals surface area (Å²) in [4.78, 5) is 12.2. The van der Waals surface area contributed by atoms with Crippen molar-refractivity contribution in [2.45, 2.75) is 32.2 Å². The van der Waals surface area contributed by atoms with Crippen molar-refractivity contribution in [3.05, 3.63) is 88.9 Å². The van der Waals surface area contributed by atoms with E-state index >= 15 is 0 Å². The van der Waals surface area contributed by atoms with E-state index in [2.05, 4.69) is 28.4 Å². The molecule has 3 rings (SSSR count). The summed E-state index contributed by atoms with van der Waals surface area (Å²) >= 11 is 1.54. The van der Waals surface area contributed by atoms with Gasteiger partial charge in [0.05, 0.1) is 12.3 Å². The molecular formula is C26H30F2N4S. The first-order chi connectivity index (χ1) is 15.9. The van der Waals surface area contributed by atoms with Crippen molar-refractivity contribution >= 4 is 29.0 Å². The van der Waals surface area contributed by atoms with Gasteiger partial charge in [0.2, 0.25) is 6.43 Å². The number of aliphatic imine (C=N–C) groups is 2. The van der Waals surface area contributed by atoms with Crippen LogP contribution in [-0.2, 0) is 0 Å². The molecule has 1 atom stereocenters. The zero-order chi connectivity index (χ0) is 23.8. The lowest BCUT2D eigenvalue weighted by Crippen LogP contribution is -2.36. The molecule has 174 valence electrons. The van der Waals surface area contributed by atoms with E-state index in [1.807, 2.05) is 48.7 Å². The Bertz CT molecular complexity index is 1020. The number of rotatable bonds is 10.